The Morgan fingerprint density at radius 2 is 2.26 bits per heavy atom. The van der Waals surface area contributed by atoms with Crippen molar-refractivity contribution in [2.24, 2.45) is 0 Å². The van der Waals surface area contributed by atoms with Crippen LogP contribution in [0.5, 0.6) is 0 Å². The number of methoxy groups -OCH3 is 1. The van der Waals surface area contributed by atoms with Crippen LogP contribution in [0.1, 0.15) is 18.9 Å². The Balaban J connectivity index is 2.62. The molecule has 0 saturated heterocycles. The van der Waals surface area contributed by atoms with E-state index in [0.29, 0.717) is 11.9 Å². The zero-order valence-corrected chi connectivity index (χ0v) is 13.1. The van der Waals surface area contributed by atoms with Gasteiger partial charge in [0.2, 0.25) is 0 Å². The second kappa shape index (κ2) is 9.61. The van der Waals surface area contributed by atoms with Gasteiger partial charge in [-0.2, -0.15) is 0 Å². The van der Waals surface area contributed by atoms with Crippen LogP contribution in [0, 0.1) is 0 Å². The number of ether oxygens (including phenoxy) is 1. The summed E-state index contributed by atoms with van der Waals surface area (Å²) in [6, 6.07) is 5.96. The number of hydrogen-bond donors (Lipinski definition) is 2. The summed E-state index contributed by atoms with van der Waals surface area (Å²) < 4.78 is 5.01. The third kappa shape index (κ3) is 6.63. The standard InChI is InChI=1S/C14H22ClNO2S/c1-11(5-7-17)19-14-4-3-13(15)9-12(14)10-16-6-8-18-2/h3-4,9,11,16-17H,5-8,10H2,1-2H3. The van der Waals surface area contributed by atoms with E-state index in [0.717, 1.165) is 24.5 Å². The second-order valence-electron chi connectivity index (χ2n) is 4.36. The van der Waals surface area contributed by atoms with Gasteiger partial charge in [-0.3, -0.25) is 0 Å². The first-order valence-electron chi connectivity index (χ1n) is 6.43. The lowest BCUT2D eigenvalue weighted by atomic mass is 10.2. The van der Waals surface area contributed by atoms with E-state index in [4.69, 9.17) is 21.4 Å². The number of thioether (sulfide) groups is 1. The van der Waals surface area contributed by atoms with Crippen molar-refractivity contribution >= 4 is 23.4 Å². The first kappa shape index (κ1) is 16.8. The van der Waals surface area contributed by atoms with E-state index in [2.05, 4.69) is 12.2 Å². The highest BCUT2D eigenvalue weighted by atomic mass is 35.5. The average Bonchev–Trinajstić information content (AvgIpc) is 2.38. The molecular weight excluding hydrogens is 282 g/mol. The number of halogens is 1. The molecule has 0 fully saturated rings. The van der Waals surface area contributed by atoms with Crippen LogP contribution in [0.25, 0.3) is 0 Å². The highest BCUT2D eigenvalue weighted by Crippen LogP contribution is 2.30. The van der Waals surface area contributed by atoms with Gasteiger partial charge in [0.25, 0.3) is 0 Å². The fourth-order valence-corrected chi connectivity index (χ4v) is 2.94. The van der Waals surface area contributed by atoms with Crippen LogP contribution in [0.2, 0.25) is 5.02 Å². The van der Waals surface area contributed by atoms with Gasteiger partial charge in [-0.25, -0.2) is 0 Å². The van der Waals surface area contributed by atoms with Crippen molar-refractivity contribution in [3.05, 3.63) is 28.8 Å². The van der Waals surface area contributed by atoms with Crippen molar-refractivity contribution < 1.29 is 9.84 Å². The van der Waals surface area contributed by atoms with Crippen LogP contribution in [0.4, 0.5) is 0 Å². The Bertz CT molecular complexity index is 376. The van der Waals surface area contributed by atoms with E-state index in [9.17, 15) is 0 Å². The molecule has 0 amide bonds. The summed E-state index contributed by atoms with van der Waals surface area (Å²) in [4.78, 5) is 1.22. The van der Waals surface area contributed by atoms with Gasteiger partial charge in [0, 0.05) is 42.0 Å². The fraction of sp³-hybridized carbons (Fsp3) is 0.571. The lowest BCUT2D eigenvalue weighted by Crippen LogP contribution is -2.19. The molecule has 0 radical (unpaired) electrons. The highest BCUT2D eigenvalue weighted by Gasteiger charge is 2.09. The Kier molecular flexibility index (Phi) is 8.50. The lowest BCUT2D eigenvalue weighted by Gasteiger charge is -2.14. The third-order valence-electron chi connectivity index (χ3n) is 2.68. The Hall–Kier alpha value is -0.260. The molecule has 0 aromatic heterocycles. The molecule has 3 nitrogen and oxygen atoms in total. The third-order valence-corrected chi connectivity index (χ3v) is 4.21. The molecule has 0 bridgehead atoms. The predicted molar refractivity (Wildman–Crippen MR) is 82.1 cm³/mol. The molecule has 1 aromatic rings. The first-order chi connectivity index (χ1) is 9.17. The Morgan fingerprint density at radius 1 is 1.47 bits per heavy atom. The molecule has 0 spiro atoms. The van der Waals surface area contributed by atoms with Gasteiger partial charge < -0.3 is 15.2 Å². The molecule has 19 heavy (non-hydrogen) atoms. The number of aliphatic hydroxyl groups is 1. The van der Waals surface area contributed by atoms with Crippen LogP contribution >= 0.6 is 23.4 Å². The van der Waals surface area contributed by atoms with Crippen LogP contribution in [-0.4, -0.2) is 37.2 Å². The van der Waals surface area contributed by atoms with E-state index < -0.39 is 0 Å². The zero-order chi connectivity index (χ0) is 14.1. The number of nitrogens with one attached hydrogen (secondary N) is 1. The van der Waals surface area contributed by atoms with Crippen molar-refractivity contribution in [2.75, 3.05) is 26.9 Å². The highest BCUT2D eigenvalue weighted by molar-refractivity contribution is 8.00. The van der Waals surface area contributed by atoms with Crippen LogP contribution in [0.15, 0.2) is 23.1 Å². The zero-order valence-electron chi connectivity index (χ0n) is 11.5. The topological polar surface area (TPSA) is 41.5 Å². The van der Waals surface area contributed by atoms with Crippen molar-refractivity contribution in [2.45, 2.75) is 30.0 Å². The molecule has 0 aliphatic carbocycles. The molecule has 0 heterocycles. The second-order valence-corrected chi connectivity index (χ2v) is 6.28. The van der Waals surface area contributed by atoms with E-state index in [1.807, 2.05) is 18.2 Å². The van der Waals surface area contributed by atoms with Gasteiger partial charge in [0.05, 0.1) is 6.61 Å². The van der Waals surface area contributed by atoms with E-state index >= 15 is 0 Å². The molecule has 0 saturated carbocycles. The largest absolute Gasteiger partial charge is 0.396 e. The minimum atomic E-state index is 0.225. The predicted octanol–water partition coefficient (Wildman–Crippen LogP) is 2.94. The fourth-order valence-electron chi connectivity index (χ4n) is 1.66. The Labute approximate surface area is 124 Å². The normalized spacial score (nSPS) is 12.6. The van der Waals surface area contributed by atoms with Crippen LogP contribution in [0.3, 0.4) is 0 Å². The van der Waals surface area contributed by atoms with Crippen molar-refractivity contribution in [3.63, 3.8) is 0 Å². The molecular formula is C14H22ClNO2S. The summed E-state index contributed by atoms with van der Waals surface area (Å²) in [5.41, 5.74) is 1.19. The SMILES string of the molecule is COCCNCc1cc(Cl)ccc1SC(C)CCO. The van der Waals surface area contributed by atoms with Gasteiger partial charge in [-0.05, 0) is 30.2 Å². The van der Waals surface area contributed by atoms with E-state index in [1.54, 1.807) is 18.9 Å². The van der Waals surface area contributed by atoms with Gasteiger partial charge in [0.15, 0.2) is 0 Å². The molecule has 1 atom stereocenters. The average molecular weight is 304 g/mol. The summed E-state index contributed by atoms with van der Waals surface area (Å²) >= 11 is 7.83. The summed E-state index contributed by atoms with van der Waals surface area (Å²) in [6.07, 6.45) is 0.795. The quantitative estimate of drug-likeness (QED) is 0.544. The molecule has 108 valence electrons. The number of benzene rings is 1. The molecule has 0 aliphatic heterocycles. The summed E-state index contributed by atoms with van der Waals surface area (Å²) in [6.45, 7) is 4.64. The maximum atomic E-state index is 8.97. The smallest absolute Gasteiger partial charge is 0.0587 e. The molecule has 1 aromatic carbocycles. The van der Waals surface area contributed by atoms with Crippen molar-refractivity contribution in [1.82, 2.24) is 5.32 Å². The van der Waals surface area contributed by atoms with Crippen LogP contribution in [-0.2, 0) is 11.3 Å². The number of rotatable bonds is 9. The summed E-state index contributed by atoms with van der Waals surface area (Å²) in [5, 5.41) is 13.4. The van der Waals surface area contributed by atoms with E-state index in [-0.39, 0.29) is 6.61 Å². The van der Waals surface area contributed by atoms with Gasteiger partial charge >= 0.3 is 0 Å². The van der Waals surface area contributed by atoms with Crippen molar-refractivity contribution in [1.29, 1.82) is 0 Å². The molecule has 0 aliphatic rings. The minimum Gasteiger partial charge on any atom is -0.396 e. The maximum Gasteiger partial charge on any atom is 0.0587 e. The summed E-state index contributed by atoms with van der Waals surface area (Å²) in [5.74, 6) is 0. The van der Waals surface area contributed by atoms with E-state index in [1.165, 1.54) is 10.5 Å². The molecule has 2 N–H and O–H groups in total. The van der Waals surface area contributed by atoms with Gasteiger partial charge in [-0.15, -0.1) is 11.8 Å². The van der Waals surface area contributed by atoms with Crippen molar-refractivity contribution in [3.8, 4) is 0 Å². The number of hydrogen-bond acceptors (Lipinski definition) is 4. The van der Waals surface area contributed by atoms with Gasteiger partial charge in [0.1, 0.15) is 0 Å². The molecule has 5 heteroatoms. The lowest BCUT2D eigenvalue weighted by molar-refractivity contribution is 0.199. The first-order valence-corrected chi connectivity index (χ1v) is 7.68. The minimum absolute atomic E-state index is 0.225. The van der Waals surface area contributed by atoms with Crippen LogP contribution < -0.4 is 5.32 Å². The Morgan fingerprint density at radius 3 is 2.95 bits per heavy atom. The number of aliphatic hydroxyl groups excluding tert-OH is 1. The maximum absolute atomic E-state index is 8.97. The van der Waals surface area contributed by atoms with Gasteiger partial charge in [-0.1, -0.05) is 18.5 Å². The summed E-state index contributed by atoms with van der Waals surface area (Å²) in [7, 11) is 1.69. The monoisotopic (exact) mass is 303 g/mol. The molecule has 1 unspecified atom stereocenters. The molecule has 1 rings (SSSR count).